The molecule has 1 unspecified atom stereocenters. The average molecular weight is 376 g/mol. The molecule has 144 valence electrons. The monoisotopic (exact) mass is 376 g/mol. The quantitative estimate of drug-likeness (QED) is 0.717. The number of hydrogen-bond donors (Lipinski definition) is 3. The van der Waals surface area contributed by atoms with Crippen molar-refractivity contribution in [3.63, 3.8) is 0 Å². The fraction of sp³-hybridized carbons (Fsp3) is 0.273. The van der Waals surface area contributed by atoms with Crippen LogP contribution in [0.25, 0.3) is 5.57 Å². The number of aryl methyl sites for hydroxylation is 1. The van der Waals surface area contributed by atoms with Crippen LogP contribution >= 0.6 is 0 Å². The van der Waals surface area contributed by atoms with Crippen molar-refractivity contribution in [1.29, 1.82) is 0 Å². The van der Waals surface area contributed by atoms with E-state index in [2.05, 4.69) is 33.0 Å². The third-order valence-corrected chi connectivity index (χ3v) is 5.25. The summed E-state index contributed by atoms with van der Waals surface area (Å²) < 4.78 is 0. The minimum atomic E-state index is -0.0884. The van der Waals surface area contributed by atoms with Crippen LogP contribution in [0.2, 0.25) is 0 Å². The standard InChI is InChI=1S/C22H24N4O2/c1-14-4-3-5-20-21(14)19(22(28)25-20)12-23-16-6-8-18(9-7-16)26-11-10-17(13-26)24-15(2)27/h3-9,12,17,23H,10-11,13H2,1-2H3,(H,24,27)(H,25,28). The maximum atomic E-state index is 12.3. The Morgan fingerprint density at radius 3 is 2.75 bits per heavy atom. The molecule has 0 spiro atoms. The van der Waals surface area contributed by atoms with E-state index in [4.69, 9.17) is 0 Å². The van der Waals surface area contributed by atoms with Crippen LogP contribution in [0, 0.1) is 6.92 Å². The Bertz CT molecular complexity index is 950. The number of hydrogen-bond acceptors (Lipinski definition) is 4. The number of carbonyl (C=O) groups is 2. The van der Waals surface area contributed by atoms with E-state index in [9.17, 15) is 9.59 Å². The second-order valence-corrected chi connectivity index (χ2v) is 7.33. The molecule has 2 amide bonds. The molecule has 6 heteroatoms. The molecule has 0 saturated carbocycles. The van der Waals surface area contributed by atoms with Gasteiger partial charge in [-0.3, -0.25) is 9.59 Å². The molecular weight excluding hydrogens is 352 g/mol. The molecule has 0 aliphatic carbocycles. The molecule has 2 aromatic rings. The molecule has 2 aliphatic heterocycles. The van der Waals surface area contributed by atoms with E-state index >= 15 is 0 Å². The van der Waals surface area contributed by atoms with Crippen LogP contribution < -0.4 is 20.9 Å². The number of anilines is 3. The van der Waals surface area contributed by atoms with Gasteiger partial charge in [0.2, 0.25) is 5.91 Å². The number of nitrogens with one attached hydrogen (secondary N) is 3. The topological polar surface area (TPSA) is 73.5 Å². The smallest absolute Gasteiger partial charge is 0.257 e. The summed E-state index contributed by atoms with van der Waals surface area (Å²) in [4.78, 5) is 25.8. The Hall–Kier alpha value is -3.28. The Kier molecular flexibility index (Phi) is 4.77. The molecule has 28 heavy (non-hydrogen) atoms. The highest BCUT2D eigenvalue weighted by Gasteiger charge is 2.25. The first-order valence-electron chi connectivity index (χ1n) is 9.51. The van der Waals surface area contributed by atoms with E-state index < -0.39 is 0 Å². The second-order valence-electron chi connectivity index (χ2n) is 7.33. The highest BCUT2D eigenvalue weighted by molar-refractivity contribution is 6.32. The molecule has 4 rings (SSSR count). The Labute approximate surface area is 164 Å². The molecule has 0 radical (unpaired) electrons. The van der Waals surface area contributed by atoms with Crippen molar-refractivity contribution in [3.05, 3.63) is 59.8 Å². The molecule has 0 bridgehead atoms. The lowest BCUT2D eigenvalue weighted by molar-refractivity contribution is -0.119. The van der Waals surface area contributed by atoms with E-state index in [1.807, 2.05) is 37.3 Å². The largest absolute Gasteiger partial charge is 0.369 e. The van der Waals surface area contributed by atoms with Gasteiger partial charge < -0.3 is 20.9 Å². The summed E-state index contributed by atoms with van der Waals surface area (Å²) in [6.07, 6.45) is 2.73. The third-order valence-electron chi connectivity index (χ3n) is 5.25. The minimum Gasteiger partial charge on any atom is -0.369 e. The fourth-order valence-corrected chi connectivity index (χ4v) is 3.89. The van der Waals surface area contributed by atoms with Gasteiger partial charge in [0, 0.05) is 54.9 Å². The van der Waals surface area contributed by atoms with Crippen molar-refractivity contribution in [2.24, 2.45) is 0 Å². The Morgan fingerprint density at radius 2 is 2.00 bits per heavy atom. The molecular formula is C22H24N4O2. The Balaban J connectivity index is 1.44. The maximum Gasteiger partial charge on any atom is 0.257 e. The Morgan fingerprint density at radius 1 is 1.21 bits per heavy atom. The fourth-order valence-electron chi connectivity index (χ4n) is 3.89. The highest BCUT2D eigenvalue weighted by Crippen LogP contribution is 2.34. The number of amides is 2. The van der Waals surface area contributed by atoms with E-state index in [1.165, 1.54) is 0 Å². The molecule has 2 aliphatic rings. The van der Waals surface area contributed by atoms with Crippen LogP contribution in [0.5, 0.6) is 0 Å². The summed E-state index contributed by atoms with van der Waals surface area (Å²) in [7, 11) is 0. The molecule has 1 atom stereocenters. The first kappa shape index (κ1) is 18.1. The van der Waals surface area contributed by atoms with Crippen molar-refractivity contribution >= 4 is 34.4 Å². The van der Waals surface area contributed by atoms with Gasteiger partial charge in [-0.25, -0.2) is 0 Å². The van der Waals surface area contributed by atoms with Gasteiger partial charge in [-0.1, -0.05) is 12.1 Å². The zero-order valence-electron chi connectivity index (χ0n) is 16.1. The van der Waals surface area contributed by atoms with Crippen molar-refractivity contribution in [2.45, 2.75) is 26.3 Å². The van der Waals surface area contributed by atoms with Gasteiger partial charge in [0.15, 0.2) is 0 Å². The van der Waals surface area contributed by atoms with Crippen LogP contribution in [0.3, 0.4) is 0 Å². The van der Waals surface area contributed by atoms with Crippen molar-refractivity contribution in [3.8, 4) is 0 Å². The normalized spacial score (nSPS) is 19.5. The van der Waals surface area contributed by atoms with Crippen LogP contribution in [0.4, 0.5) is 17.1 Å². The summed E-state index contributed by atoms with van der Waals surface area (Å²) in [6.45, 7) is 5.32. The molecule has 1 saturated heterocycles. The molecule has 0 aromatic heterocycles. The predicted octanol–water partition coefficient (Wildman–Crippen LogP) is 3.11. The van der Waals surface area contributed by atoms with Crippen LogP contribution in [0.1, 0.15) is 24.5 Å². The first-order chi connectivity index (χ1) is 13.5. The highest BCUT2D eigenvalue weighted by atomic mass is 16.2. The number of fused-ring (bicyclic) bond motifs is 1. The van der Waals surface area contributed by atoms with Gasteiger partial charge in [-0.15, -0.1) is 0 Å². The van der Waals surface area contributed by atoms with E-state index in [0.717, 1.165) is 47.7 Å². The van der Waals surface area contributed by atoms with Gasteiger partial charge in [0.25, 0.3) is 5.91 Å². The van der Waals surface area contributed by atoms with Crippen LogP contribution in [-0.4, -0.2) is 30.9 Å². The summed E-state index contributed by atoms with van der Waals surface area (Å²) in [5.74, 6) is -0.0679. The summed E-state index contributed by atoms with van der Waals surface area (Å²) in [5, 5.41) is 9.13. The zero-order valence-corrected chi connectivity index (χ0v) is 16.1. The van der Waals surface area contributed by atoms with E-state index in [0.29, 0.717) is 5.57 Å². The van der Waals surface area contributed by atoms with E-state index in [1.54, 1.807) is 13.1 Å². The summed E-state index contributed by atoms with van der Waals surface area (Å²) in [5.41, 5.74) is 5.58. The maximum absolute atomic E-state index is 12.3. The second kappa shape index (κ2) is 7.38. The molecule has 1 fully saturated rings. The van der Waals surface area contributed by atoms with Gasteiger partial charge >= 0.3 is 0 Å². The SMILES string of the molecule is CC(=O)NC1CCN(c2ccc(NC=C3C(=O)Nc4cccc(C)c43)cc2)C1. The lowest BCUT2D eigenvalue weighted by atomic mass is 10.0. The molecule has 6 nitrogen and oxygen atoms in total. The van der Waals surface area contributed by atoms with Gasteiger partial charge in [-0.05, 0) is 49.2 Å². The van der Waals surface area contributed by atoms with E-state index in [-0.39, 0.29) is 17.9 Å². The predicted molar refractivity (Wildman–Crippen MR) is 112 cm³/mol. The minimum absolute atomic E-state index is 0.0206. The number of benzene rings is 2. The molecule has 3 N–H and O–H groups in total. The average Bonchev–Trinajstić information content (AvgIpc) is 3.24. The van der Waals surface area contributed by atoms with Gasteiger partial charge in [0.1, 0.15) is 0 Å². The van der Waals surface area contributed by atoms with Crippen molar-refractivity contribution in [1.82, 2.24) is 5.32 Å². The lowest BCUT2D eigenvalue weighted by Crippen LogP contribution is -2.35. The van der Waals surface area contributed by atoms with Crippen LogP contribution in [-0.2, 0) is 9.59 Å². The lowest BCUT2D eigenvalue weighted by Gasteiger charge is -2.19. The van der Waals surface area contributed by atoms with Gasteiger partial charge in [0.05, 0.1) is 5.57 Å². The third kappa shape index (κ3) is 3.58. The zero-order chi connectivity index (χ0) is 19.7. The van der Waals surface area contributed by atoms with Crippen molar-refractivity contribution in [2.75, 3.05) is 28.6 Å². The van der Waals surface area contributed by atoms with Gasteiger partial charge in [-0.2, -0.15) is 0 Å². The summed E-state index contributed by atoms with van der Waals surface area (Å²) >= 11 is 0. The molecule has 2 heterocycles. The number of nitrogens with zero attached hydrogens (tertiary/aromatic N) is 1. The molecule has 2 aromatic carbocycles. The first-order valence-corrected chi connectivity index (χ1v) is 9.51. The van der Waals surface area contributed by atoms with Crippen LogP contribution in [0.15, 0.2) is 48.7 Å². The number of carbonyl (C=O) groups excluding carboxylic acids is 2. The number of rotatable bonds is 4. The summed E-state index contributed by atoms with van der Waals surface area (Å²) in [6, 6.07) is 14.2. The van der Waals surface area contributed by atoms with Crippen molar-refractivity contribution < 1.29 is 9.59 Å².